The van der Waals surface area contributed by atoms with E-state index in [0.29, 0.717) is 23.3 Å². The van der Waals surface area contributed by atoms with Crippen LogP contribution < -0.4 is 9.46 Å². The fraction of sp³-hybridized carbons (Fsp3) is 0.208. The lowest BCUT2D eigenvalue weighted by molar-refractivity contribution is 0.0601. The second-order valence-electron chi connectivity index (χ2n) is 7.24. The average molecular weight is 440 g/mol. The lowest BCUT2D eigenvalue weighted by Crippen LogP contribution is -2.19. The highest BCUT2D eigenvalue weighted by molar-refractivity contribution is 7.92. The molecule has 0 aromatic heterocycles. The first-order valence-electron chi connectivity index (χ1n) is 9.68. The van der Waals surface area contributed by atoms with E-state index >= 15 is 0 Å². The first-order chi connectivity index (χ1) is 14.7. The minimum absolute atomic E-state index is 0.118. The van der Waals surface area contributed by atoms with E-state index in [-0.39, 0.29) is 16.1 Å². The van der Waals surface area contributed by atoms with E-state index in [0.717, 1.165) is 11.1 Å². The van der Waals surface area contributed by atoms with Gasteiger partial charge in [0.15, 0.2) is 0 Å². The van der Waals surface area contributed by atoms with Crippen molar-refractivity contribution in [1.29, 1.82) is 0 Å². The molecule has 0 bridgehead atoms. The molecule has 1 N–H and O–H groups in total. The van der Waals surface area contributed by atoms with Crippen LogP contribution in [0.25, 0.3) is 0 Å². The van der Waals surface area contributed by atoms with Crippen molar-refractivity contribution in [3.05, 3.63) is 88.5 Å². The number of anilines is 1. The fourth-order valence-corrected chi connectivity index (χ4v) is 4.84. The van der Waals surface area contributed by atoms with Crippen molar-refractivity contribution in [3.8, 4) is 5.75 Å². The summed E-state index contributed by atoms with van der Waals surface area (Å²) < 4.78 is 39.6. The third kappa shape index (κ3) is 5.06. The number of carbonyl (C=O) groups excluding carboxylic acids is 1. The molecule has 0 radical (unpaired) electrons. The zero-order chi connectivity index (χ0) is 22.6. The van der Waals surface area contributed by atoms with Crippen LogP contribution >= 0.6 is 0 Å². The van der Waals surface area contributed by atoms with E-state index in [1.807, 2.05) is 43.3 Å². The predicted octanol–water partition coefficient (Wildman–Crippen LogP) is 4.49. The second-order valence-corrected chi connectivity index (χ2v) is 8.89. The maximum absolute atomic E-state index is 13.4. The lowest BCUT2D eigenvalue weighted by Gasteiger charge is -2.17. The molecule has 0 fully saturated rings. The Balaban J connectivity index is 2.08. The second kappa shape index (κ2) is 9.22. The highest BCUT2D eigenvalue weighted by Crippen LogP contribution is 2.30. The largest absolute Gasteiger partial charge is 0.497 e. The average Bonchev–Trinajstić information content (AvgIpc) is 2.75. The summed E-state index contributed by atoms with van der Waals surface area (Å²) in [7, 11) is -1.20. The van der Waals surface area contributed by atoms with Gasteiger partial charge in [-0.3, -0.25) is 4.72 Å². The fourth-order valence-electron chi connectivity index (χ4n) is 3.46. The number of carbonyl (C=O) groups is 1. The molecule has 0 atom stereocenters. The third-order valence-electron chi connectivity index (χ3n) is 4.92. The molecular formula is C24H25NO5S. The Morgan fingerprint density at radius 1 is 0.968 bits per heavy atom. The molecule has 0 aliphatic rings. The Labute approximate surface area is 182 Å². The SMILES string of the molecule is COC(=O)c1cc(C)cc(C)c1NS(=O)(=O)c1ccc(OC)cc1Cc1ccccc1. The van der Waals surface area contributed by atoms with Crippen LogP contribution in [0.1, 0.15) is 32.6 Å². The number of ether oxygens (including phenoxy) is 2. The van der Waals surface area contributed by atoms with E-state index in [2.05, 4.69) is 4.72 Å². The molecule has 0 aliphatic carbocycles. The summed E-state index contributed by atoms with van der Waals surface area (Å²) in [5, 5.41) is 0. The van der Waals surface area contributed by atoms with Gasteiger partial charge in [-0.1, -0.05) is 36.4 Å². The van der Waals surface area contributed by atoms with Gasteiger partial charge in [-0.25, -0.2) is 13.2 Å². The van der Waals surface area contributed by atoms with Crippen LogP contribution in [0.3, 0.4) is 0 Å². The number of benzene rings is 3. The monoisotopic (exact) mass is 439 g/mol. The van der Waals surface area contributed by atoms with Gasteiger partial charge >= 0.3 is 5.97 Å². The molecule has 0 aliphatic heterocycles. The summed E-state index contributed by atoms with van der Waals surface area (Å²) in [6.07, 6.45) is 0.408. The molecular weight excluding hydrogens is 414 g/mol. The van der Waals surface area contributed by atoms with Crippen molar-refractivity contribution in [2.24, 2.45) is 0 Å². The molecule has 0 amide bonds. The number of hydrogen-bond donors (Lipinski definition) is 1. The van der Waals surface area contributed by atoms with Crippen molar-refractivity contribution in [1.82, 2.24) is 0 Å². The Hall–Kier alpha value is -3.32. The minimum Gasteiger partial charge on any atom is -0.497 e. The van der Waals surface area contributed by atoms with E-state index in [1.54, 1.807) is 25.1 Å². The van der Waals surface area contributed by atoms with E-state index < -0.39 is 16.0 Å². The van der Waals surface area contributed by atoms with Crippen LogP contribution in [-0.2, 0) is 21.2 Å². The summed E-state index contributed by atoms with van der Waals surface area (Å²) in [5.41, 5.74) is 3.38. The summed E-state index contributed by atoms with van der Waals surface area (Å²) >= 11 is 0. The molecule has 6 nitrogen and oxygen atoms in total. The molecule has 0 saturated carbocycles. The van der Waals surface area contributed by atoms with Crippen LogP contribution in [0, 0.1) is 13.8 Å². The standard InChI is InChI=1S/C24H25NO5S/c1-16-12-17(2)23(21(13-16)24(26)30-4)25-31(27,28)22-11-10-20(29-3)15-19(22)14-18-8-6-5-7-9-18/h5-13,15,25H,14H2,1-4H3. The zero-order valence-electron chi connectivity index (χ0n) is 17.9. The Kier molecular flexibility index (Phi) is 6.65. The molecule has 0 saturated heterocycles. The predicted molar refractivity (Wildman–Crippen MR) is 120 cm³/mol. The third-order valence-corrected chi connectivity index (χ3v) is 6.37. The summed E-state index contributed by atoms with van der Waals surface area (Å²) in [4.78, 5) is 12.4. The van der Waals surface area contributed by atoms with Crippen LogP contribution in [0.15, 0.2) is 65.6 Å². The maximum atomic E-state index is 13.4. The van der Waals surface area contributed by atoms with Crippen LogP contribution in [0.5, 0.6) is 5.75 Å². The van der Waals surface area contributed by atoms with Crippen LogP contribution in [-0.4, -0.2) is 28.6 Å². The first-order valence-corrected chi connectivity index (χ1v) is 11.2. The van der Waals surface area contributed by atoms with Gasteiger partial charge in [-0.2, -0.15) is 0 Å². The van der Waals surface area contributed by atoms with Crippen molar-refractivity contribution in [2.45, 2.75) is 25.2 Å². The number of sulfonamides is 1. The molecule has 7 heteroatoms. The number of nitrogens with one attached hydrogen (secondary N) is 1. The van der Waals surface area contributed by atoms with Crippen LogP contribution in [0.4, 0.5) is 5.69 Å². The number of rotatable bonds is 7. The topological polar surface area (TPSA) is 81.7 Å². The first kappa shape index (κ1) is 22.4. The van der Waals surface area contributed by atoms with E-state index in [9.17, 15) is 13.2 Å². The maximum Gasteiger partial charge on any atom is 0.340 e. The van der Waals surface area contributed by atoms with Gasteiger partial charge in [-0.05, 0) is 66.8 Å². The number of aryl methyl sites for hydroxylation is 2. The normalized spacial score (nSPS) is 11.1. The molecule has 31 heavy (non-hydrogen) atoms. The van der Waals surface area contributed by atoms with Crippen molar-refractivity contribution < 1.29 is 22.7 Å². The van der Waals surface area contributed by atoms with Crippen molar-refractivity contribution >= 4 is 21.7 Å². The van der Waals surface area contributed by atoms with E-state index in [1.165, 1.54) is 20.3 Å². The minimum atomic E-state index is -4.00. The summed E-state index contributed by atoms with van der Waals surface area (Å²) in [6, 6.07) is 17.8. The molecule has 3 aromatic carbocycles. The molecule has 3 aromatic rings. The summed E-state index contributed by atoms with van der Waals surface area (Å²) in [6.45, 7) is 3.58. The van der Waals surface area contributed by atoms with Crippen LogP contribution in [0.2, 0.25) is 0 Å². The lowest BCUT2D eigenvalue weighted by atomic mass is 10.0. The number of esters is 1. The molecule has 0 spiro atoms. The highest BCUT2D eigenvalue weighted by atomic mass is 32.2. The van der Waals surface area contributed by atoms with Gasteiger partial charge in [0.05, 0.1) is 30.4 Å². The Morgan fingerprint density at radius 3 is 2.32 bits per heavy atom. The van der Waals surface area contributed by atoms with Crippen molar-refractivity contribution in [2.75, 3.05) is 18.9 Å². The Bertz CT molecular complexity index is 1200. The van der Waals surface area contributed by atoms with Gasteiger partial charge in [0.2, 0.25) is 0 Å². The highest BCUT2D eigenvalue weighted by Gasteiger charge is 2.24. The van der Waals surface area contributed by atoms with Gasteiger partial charge in [0.1, 0.15) is 5.75 Å². The summed E-state index contributed by atoms with van der Waals surface area (Å²) in [5.74, 6) is -0.0459. The van der Waals surface area contributed by atoms with Gasteiger partial charge < -0.3 is 9.47 Å². The van der Waals surface area contributed by atoms with E-state index in [4.69, 9.17) is 9.47 Å². The van der Waals surface area contributed by atoms with Gasteiger partial charge in [-0.15, -0.1) is 0 Å². The smallest absolute Gasteiger partial charge is 0.340 e. The molecule has 162 valence electrons. The molecule has 3 rings (SSSR count). The Morgan fingerprint density at radius 2 is 1.68 bits per heavy atom. The van der Waals surface area contributed by atoms with Gasteiger partial charge in [0.25, 0.3) is 10.0 Å². The molecule has 0 heterocycles. The number of methoxy groups -OCH3 is 2. The van der Waals surface area contributed by atoms with Crippen molar-refractivity contribution in [3.63, 3.8) is 0 Å². The van der Waals surface area contributed by atoms with Gasteiger partial charge in [0, 0.05) is 0 Å². The molecule has 0 unspecified atom stereocenters. The number of hydrogen-bond acceptors (Lipinski definition) is 5. The zero-order valence-corrected chi connectivity index (χ0v) is 18.7. The quantitative estimate of drug-likeness (QED) is 0.549.